The van der Waals surface area contributed by atoms with Gasteiger partial charge < -0.3 is 20.9 Å². The number of imidazole rings is 1. The Kier molecular flexibility index (Phi) is 8.41. The number of rotatable bonds is 10. The zero-order chi connectivity index (χ0) is 21.2. The van der Waals surface area contributed by atoms with E-state index in [0.717, 1.165) is 5.56 Å². The van der Waals surface area contributed by atoms with Gasteiger partial charge in [0, 0.05) is 31.7 Å². The lowest BCUT2D eigenvalue weighted by Crippen LogP contribution is -2.53. The second kappa shape index (κ2) is 11.0. The molecule has 0 saturated carbocycles. The number of nitrogens with zero attached hydrogens (tertiary/aromatic N) is 1. The molecule has 2 aromatic rings. The molecule has 2 atom stereocenters. The van der Waals surface area contributed by atoms with E-state index in [9.17, 15) is 19.2 Å². The normalized spacial score (nSPS) is 12.5. The minimum absolute atomic E-state index is 0.186. The molecule has 10 heteroatoms. The van der Waals surface area contributed by atoms with E-state index in [2.05, 4.69) is 38.5 Å². The molecule has 0 aliphatic heterocycles. The lowest BCUT2D eigenvalue weighted by atomic mass is 10.0. The number of carbonyl (C=O) groups is 4. The number of aromatic nitrogens is 2. The minimum Gasteiger partial charge on any atom is -0.348 e. The van der Waals surface area contributed by atoms with Gasteiger partial charge in [0.05, 0.1) is 12.9 Å². The number of hydrogen-bond acceptors (Lipinski definition) is 5. The van der Waals surface area contributed by atoms with Crippen molar-refractivity contribution in [2.45, 2.75) is 31.8 Å². The van der Waals surface area contributed by atoms with Crippen molar-refractivity contribution in [1.29, 1.82) is 0 Å². The van der Waals surface area contributed by atoms with Gasteiger partial charge in [0.1, 0.15) is 12.1 Å². The van der Waals surface area contributed by atoms with E-state index >= 15 is 0 Å². The highest BCUT2D eigenvalue weighted by atomic mass is 32.1. The van der Waals surface area contributed by atoms with Crippen molar-refractivity contribution in [2.24, 2.45) is 0 Å². The Bertz CT molecular complexity index is 842. The number of H-pyrrole nitrogens is 1. The maximum absolute atomic E-state index is 12.8. The molecule has 2 rings (SSSR count). The Morgan fingerprint density at radius 3 is 2.38 bits per heavy atom. The van der Waals surface area contributed by atoms with Crippen LogP contribution in [0.1, 0.15) is 18.2 Å². The number of hydrogen-bond donors (Lipinski definition) is 5. The smallest absolute Gasteiger partial charge is 0.243 e. The van der Waals surface area contributed by atoms with Crippen molar-refractivity contribution in [3.05, 3.63) is 54.1 Å². The predicted octanol–water partition coefficient (Wildman–Crippen LogP) is -0.243. The van der Waals surface area contributed by atoms with Crippen molar-refractivity contribution in [3.63, 3.8) is 0 Å². The van der Waals surface area contributed by atoms with E-state index in [0.29, 0.717) is 5.69 Å². The molecule has 0 radical (unpaired) electrons. The number of thiol groups is 1. The van der Waals surface area contributed by atoms with Crippen LogP contribution in [0.4, 0.5) is 0 Å². The van der Waals surface area contributed by atoms with Crippen molar-refractivity contribution in [1.82, 2.24) is 25.9 Å². The van der Waals surface area contributed by atoms with Gasteiger partial charge in [0.15, 0.2) is 0 Å². The Balaban J connectivity index is 2.09. The first-order chi connectivity index (χ1) is 13.8. The van der Waals surface area contributed by atoms with E-state index in [-0.39, 0.29) is 25.3 Å². The fourth-order valence-corrected chi connectivity index (χ4v) is 2.75. The average molecular weight is 417 g/mol. The molecule has 0 unspecified atom stereocenters. The largest absolute Gasteiger partial charge is 0.348 e. The molecule has 154 valence electrons. The highest BCUT2D eigenvalue weighted by Gasteiger charge is 2.26. The number of nitrogens with one attached hydrogen (secondary N) is 4. The van der Waals surface area contributed by atoms with Crippen LogP contribution in [0.15, 0.2) is 42.9 Å². The van der Waals surface area contributed by atoms with Gasteiger partial charge in [0.25, 0.3) is 0 Å². The van der Waals surface area contributed by atoms with Crippen molar-refractivity contribution >= 4 is 35.5 Å². The van der Waals surface area contributed by atoms with E-state index in [1.807, 2.05) is 30.3 Å². The first-order valence-electron chi connectivity index (χ1n) is 8.93. The van der Waals surface area contributed by atoms with Crippen LogP contribution in [0, 0.1) is 0 Å². The van der Waals surface area contributed by atoms with Gasteiger partial charge in [-0.05, 0) is 5.56 Å². The van der Waals surface area contributed by atoms with Gasteiger partial charge in [0.2, 0.25) is 22.8 Å². The summed E-state index contributed by atoms with van der Waals surface area (Å²) in [6, 6.07) is 7.31. The lowest BCUT2D eigenvalue weighted by Gasteiger charge is -2.22. The van der Waals surface area contributed by atoms with Crippen LogP contribution in [0.2, 0.25) is 0 Å². The summed E-state index contributed by atoms with van der Waals surface area (Å²) in [5, 5.41) is 7.10. The summed E-state index contributed by atoms with van der Waals surface area (Å²) in [7, 11) is 0. The minimum atomic E-state index is -0.935. The molecule has 0 bridgehead atoms. The number of aromatic amines is 1. The summed E-state index contributed by atoms with van der Waals surface area (Å²) < 4.78 is 0. The van der Waals surface area contributed by atoms with Crippen molar-refractivity contribution in [2.75, 3.05) is 6.54 Å². The molecular weight excluding hydrogens is 394 g/mol. The summed E-state index contributed by atoms with van der Waals surface area (Å²) in [6.45, 7) is 1.04. The quantitative estimate of drug-likeness (QED) is 0.340. The van der Waals surface area contributed by atoms with Gasteiger partial charge in [-0.3, -0.25) is 19.2 Å². The molecule has 3 amide bonds. The van der Waals surface area contributed by atoms with Gasteiger partial charge in [-0.1, -0.05) is 30.3 Å². The maximum Gasteiger partial charge on any atom is 0.243 e. The van der Waals surface area contributed by atoms with E-state index in [1.165, 1.54) is 13.3 Å². The molecule has 1 heterocycles. The van der Waals surface area contributed by atoms with Crippen LogP contribution in [0.25, 0.3) is 0 Å². The Morgan fingerprint density at radius 1 is 1.07 bits per heavy atom. The zero-order valence-corrected chi connectivity index (χ0v) is 16.7. The molecule has 0 fully saturated rings. The summed E-state index contributed by atoms with van der Waals surface area (Å²) in [5.74, 6) is -1.40. The molecule has 4 N–H and O–H groups in total. The van der Waals surface area contributed by atoms with E-state index < -0.39 is 29.0 Å². The average Bonchev–Trinajstić information content (AvgIpc) is 3.19. The summed E-state index contributed by atoms with van der Waals surface area (Å²) in [5.41, 5.74) is 1.49. The second-order valence-corrected chi connectivity index (χ2v) is 6.84. The van der Waals surface area contributed by atoms with Gasteiger partial charge in [-0.25, -0.2) is 4.98 Å². The maximum atomic E-state index is 12.8. The fraction of sp³-hybridized carbons (Fsp3) is 0.316. The highest BCUT2D eigenvalue weighted by Crippen LogP contribution is 2.06. The first-order valence-corrected chi connectivity index (χ1v) is 9.38. The SMILES string of the molecule is CC(=O)NCC(=O)N[C@@H](Cc1ccccc1)C(=O)N[C@@H](Cc1cnc[nH]1)C(=O)S. The van der Waals surface area contributed by atoms with E-state index in [1.54, 1.807) is 6.20 Å². The van der Waals surface area contributed by atoms with Gasteiger partial charge >= 0.3 is 0 Å². The molecule has 0 aliphatic carbocycles. The van der Waals surface area contributed by atoms with E-state index in [4.69, 9.17) is 0 Å². The predicted molar refractivity (Wildman–Crippen MR) is 109 cm³/mol. The van der Waals surface area contributed by atoms with Gasteiger partial charge in [-0.2, -0.15) is 0 Å². The summed E-state index contributed by atoms with van der Waals surface area (Å²) in [4.78, 5) is 54.6. The molecule has 9 nitrogen and oxygen atoms in total. The Morgan fingerprint density at radius 2 is 1.79 bits per heavy atom. The molecule has 0 saturated heterocycles. The van der Waals surface area contributed by atoms with Crippen molar-refractivity contribution in [3.8, 4) is 0 Å². The Hall–Kier alpha value is -3.14. The summed E-state index contributed by atoms with van der Waals surface area (Å²) >= 11 is 3.85. The number of benzene rings is 1. The van der Waals surface area contributed by atoms with Crippen molar-refractivity contribution < 1.29 is 19.2 Å². The molecule has 29 heavy (non-hydrogen) atoms. The molecule has 1 aromatic carbocycles. The number of amides is 3. The summed E-state index contributed by atoms with van der Waals surface area (Å²) in [6.07, 6.45) is 3.42. The third-order valence-corrected chi connectivity index (χ3v) is 4.34. The van der Waals surface area contributed by atoms with Crippen LogP contribution >= 0.6 is 12.6 Å². The lowest BCUT2D eigenvalue weighted by molar-refractivity contribution is -0.130. The van der Waals surface area contributed by atoms with Crippen LogP contribution < -0.4 is 16.0 Å². The van der Waals surface area contributed by atoms with Crippen LogP contribution in [0.5, 0.6) is 0 Å². The van der Waals surface area contributed by atoms with Crippen LogP contribution in [0.3, 0.4) is 0 Å². The third-order valence-electron chi connectivity index (χ3n) is 4.03. The number of carbonyl (C=O) groups excluding carboxylic acids is 4. The van der Waals surface area contributed by atoms with Crippen LogP contribution in [-0.4, -0.2) is 51.4 Å². The zero-order valence-electron chi connectivity index (χ0n) is 15.8. The molecular formula is C19H23N5O4S. The highest BCUT2D eigenvalue weighted by molar-refractivity contribution is 7.96. The Labute approximate surface area is 173 Å². The fourth-order valence-electron chi connectivity index (χ4n) is 2.60. The van der Waals surface area contributed by atoms with Crippen LogP contribution in [-0.2, 0) is 32.0 Å². The first kappa shape index (κ1) is 22.2. The molecule has 0 aliphatic rings. The second-order valence-electron chi connectivity index (χ2n) is 6.40. The topological polar surface area (TPSA) is 133 Å². The standard InChI is InChI=1S/C19H23N5O4S/c1-12(25)21-10-17(26)23-15(7-13-5-3-2-4-6-13)18(27)24-16(19(28)29)8-14-9-20-11-22-14/h2-6,9,11,15-16H,7-8,10H2,1H3,(H,20,22)(H,21,25)(H,23,26)(H,24,27)(H,28,29)/t15-,16-/m0/s1. The molecule has 0 spiro atoms. The monoisotopic (exact) mass is 417 g/mol. The third kappa shape index (κ3) is 7.78. The van der Waals surface area contributed by atoms with Gasteiger partial charge in [-0.15, -0.1) is 12.6 Å². The molecule has 1 aromatic heterocycles.